The molecule has 1 heterocycles. The third-order valence-electron chi connectivity index (χ3n) is 3.38. The van der Waals surface area contributed by atoms with Crippen LogP contribution in [0.2, 0.25) is 0 Å². The van der Waals surface area contributed by atoms with Crippen molar-refractivity contribution in [1.82, 2.24) is 15.5 Å². The van der Waals surface area contributed by atoms with Crippen molar-refractivity contribution < 1.29 is 0 Å². The van der Waals surface area contributed by atoms with E-state index in [1.54, 1.807) is 0 Å². The number of hydrogen-bond acceptors (Lipinski definition) is 2. The quantitative estimate of drug-likeness (QED) is 0.795. The van der Waals surface area contributed by atoms with E-state index < -0.39 is 0 Å². The Labute approximate surface area is 122 Å². The lowest BCUT2D eigenvalue weighted by atomic mass is 10.1. The molecule has 0 spiro atoms. The maximum absolute atomic E-state index is 4.04. The predicted octanol–water partition coefficient (Wildman–Crippen LogP) is 3.76. The van der Waals surface area contributed by atoms with Gasteiger partial charge in [0.05, 0.1) is 6.20 Å². The van der Waals surface area contributed by atoms with Gasteiger partial charge in [-0.2, -0.15) is 5.10 Å². The molecule has 1 atom stereocenters. The standard InChI is InChI=1S/C15H20BrN3/c1-11(13-5-7-15(16)8-6-13)17-9-3-4-14-10-18-19-12(14)2/h5-8,10-11,17H,3-4,9H2,1-2H3,(H,18,19). The van der Waals surface area contributed by atoms with E-state index >= 15 is 0 Å². The molecule has 19 heavy (non-hydrogen) atoms. The van der Waals surface area contributed by atoms with Gasteiger partial charge in [-0.1, -0.05) is 28.1 Å². The largest absolute Gasteiger partial charge is 0.310 e. The molecule has 0 fully saturated rings. The zero-order valence-corrected chi connectivity index (χ0v) is 13.0. The highest BCUT2D eigenvalue weighted by Gasteiger charge is 2.04. The minimum atomic E-state index is 0.388. The van der Waals surface area contributed by atoms with E-state index in [9.17, 15) is 0 Å². The third-order valence-corrected chi connectivity index (χ3v) is 3.91. The van der Waals surface area contributed by atoms with Crippen LogP contribution < -0.4 is 5.32 Å². The van der Waals surface area contributed by atoms with Crippen LogP contribution in [-0.2, 0) is 6.42 Å². The van der Waals surface area contributed by atoms with Crippen LogP contribution in [-0.4, -0.2) is 16.7 Å². The van der Waals surface area contributed by atoms with Crippen molar-refractivity contribution >= 4 is 15.9 Å². The molecule has 0 aliphatic heterocycles. The lowest BCUT2D eigenvalue weighted by Gasteiger charge is -2.14. The van der Waals surface area contributed by atoms with E-state index in [0.29, 0.717) is 6.04 Å². The fraction of sp³-hybridized carbons (Fsp3) is 0.400. The molecule has 2 N–H and O–H groups in total. The molecule has 0 radical (unpaired) electrons. The van der Waals surface area contributed by atoms with Gasteiger partial charge in [-0.05, 0) is 56.5 Å². The Morgan fingerprint density at radius 1 is 1.32 bits per heavy atom. The Morgan fingerprint density at radius 3 is 2.68 bits per heavy atom. The van der Waals surface area contributed by atoms with Crippen molar-refractivity contribution in [3.63, 3.8) is 0 Å². The highest BCUT2D eigenvalue weighted by atomic mass is 79.9. The molecule has 0 saturated carbocycles. The van der Waals surface area contributed by atoms with E-state index in [2.05, 4.69) is 69.6 Å². The van der Waals surface area contributed by atoms with Crippen LogP contribution in [0.3, 0.4) is 0 Å². The average molecular weight is 322 g/mol. The van der Waals surface area contributed by atoms with E-state index in [-0.39, 0.29) is 0 Å². The smallest absolute Gasteiger partial charge is 0.0522 e. The topological polar surface area (TPSA) is 40.7 Å². The van der Waals surface area contributed by atoms with E-state index in [1.165, 1.54) is 16.8 Å². The second-order valence-electron chi connectivity index (χ2n) is 4.85. The first-order valence-corrected chi connectivity index (χ1v) is 7.44. The third kappa shape index (κ3) is 4.18. The van der Waals surface area contributed by atoms with Gasteiger partial charge in [0.15, 0.2) is 0 Å². The minimum Gasteiger partial charge on any atom is -0.310 e. The van der Waals surface area contributed by atoms with Crippen LogP contribution in [0.15, 0.2) is 34.9 Å². The Hall–Kier alpha value is -1.13. The molecule has 0 bridgehead atoms. The van der Waals surface area contributed by atoms with Gasteiger partial charge in [0.2, 0.25) is 0 Å². The van der Waals surface area contributed by atoms with E-state index in [4.69, 9.17) is 0 Å². The molecule has 0 aliphatic rings. The van der Waals surface area contributed by atoms with E-state index in [0.717, 1.165) is 23.9 Å². The van der Waals surface area contributed by atoms with Crippen LogP contribution in [0.25, 0.3) is 0 Å². The molecule has 1 aromatic carbocycles. The highest BCUT2D eigenvalue weighted by molar-refractivity contribution is 9.10. The van der Waals surface area contributed by atoms with Crippen LogP contribution in [0.4, 0.5) is 0 Å². The zero-order valence-electron chi connectivity index (χ0n) is 11.4. The minimum absolute atomic E-state index is 0.388. The van der Waals surface area contributed by atoms with Crippen molar-refractivity contribution in [1.29, 1.82) is 0 Å². The number of H-pyrrole nitrogens is 1. The van der Waals surface area contributed by atoms with Gasteiger partial charge in [-0.15, -0.1) is 0 Å². The number of aromatic nitrogens is 2. The number of aryl methyl sites for hydroxylation is 2. The predicted molar refractivity (Wildman–Crippen MR) is 82.2 cm³/mol. The van der Waals surface area contributed by atoms with Gasteiger partial charge >= 0.3 is 0 Å². The van der Waals surface area contributed by atoms with Gasteiger partial charge in [0, 0.05) is 16.2 Å². The SMILES string of the molecule is Cc1[nH]ncc1CCCNC(C)c1ccc(Br)cc1. The van der Waals surface area contributed by atoms with Gasteiger partial charge < -0.3 is 5.32 Å². The lowest BCUT2D eigenvalue weighted by molar-refractivity contribution is 0.558. The molecule has 0 saturated heterocycles. The molecule has 0 aliphatic carbocycles. The van der Waals surface area contributed by atoms with Gasteiger partial charge in [0.1, 0.15) is 0 Å². The Bertz CT molecular complexity index is 504. The number of nitrogens with zero attached hydrogens (tertiary/aromatic N) is 1. The molecular weight excluding hydrogens is 302 g/mol. The number of aromatic amines is 1. The van der Waals surface area contributed by atoms with Crippen LogP contribution in [0.1, 0.15) is 36.2 Å². The first-order chi connectivity index (χ1) is 9.16. The van der Waals surface area contributed by atoms with Crippen molar-refractivity contribution in [2.24, 2.45) is 0 Å². The fourth-order valence-electron chi connectivity index (χ4n) is 2.09. The summed E-state index contributed by atoms with van der Waals surface area (Å²) >= 11 is 3.46. The van der Waals surface area contributed by atoms with Gasteiger partial charge in [-0.25, -0.2) is 0 Å². The number of hydrogen-bond donors (Lipinski definition) is 2. The maximum atomic E-state index is 4.04. The Morgan fingerprint density at radius 2 is 2.05 bits per heavy atom. The summed E-state index contributed by atoms with van der Waals surface area (Å²) in [5.74, 6) is 0. The summed E-state index contributed by atoms with van der Waals surface area (Å²) in [5.41, 5.74) is 3.82. The first kappa shape index (κ1) is 14.3. The summed E-state index contributed by atoms with van der Waals surface area (Å²) in [6, 6.07) is 8.87. The monoisotopic (exact) mass is 321 g/mol. The second-order valence-corrected chi connectivity index (χ2v) is 5.77. The summed E-state index contributed by atoms with van der Waals surface area (Å²) in [6.07, 6.45) is 4.12. The molecule has 0 amide bonds. The molecule has 2 aromatic rings. The van der Waals surface area contributed by atoms with Crippen molar-refractivity contribution in [2.75, 3.05) is 6.54 Å². The molecule has 102 valence electrons. The molecule has 1 aromatic heterocycles. The van der Waals surface area contributed by atoms with Crippen molar-refractivity contribution in [2.45, 2.75) is 32.7 Å². The van der Waals surface area contributed by atoms with Crippen LogP contribution in [0, 0.1) is 6.92 Å². The summed E-state index contributed by atoms with van der Waals surface area (Å²) in [4.78, 5) is 0. The first-order valence-electron chi connectivity index (χ1n) is 6.64. The normalized spacial score (nSPS) is 12.6. The zero-order chi connectivity index (χ0) is 13.7. The number of halogens is 1. The highest BCUT2D eigenvalue weighted by Crippen LogP contribution is 2.16. The van der Waals surface area contributed by atoms with E-state index in [1.807, 2.05) is 6.20 Å². The summed E-state index contributed by atoms with van der Waals surface area (Å²) < 4.78 is 1.12. The van der Waals surface area contributed by atoms with Crippen molar-refractivity contribution in [3.8, 4) is 0 Å². The summed E-state index contributed by atoms with van der Waals surface area (Å²) in [6.45, 7) is 5.29. The van der Waals surface area contributed by atoms with Gasteiger partial charge in [-0.3, -0.25) is 5.10 Å². The number of rotatable bonds is 6. The second kappa shape index (κ2) is 6.87. The van der Waals surface area contributed by atoms with Gasteiger partial charge in [0.25, 0.3) is 0 Å². The Balaban J connectivity index is 1.73. The lowest BCUT2D eigenvalue weighted by Crippen LogP contribution is -2.20. The molecule has 2 rings (SSSR count). The molecule has 3 nitrogen and oxygen atoms in total. The number of benzene rings is 1. The molecule has 4 heteroatoms. The average Bonchev–Trinajstić information content (AvgIpc) is 2.81. The molecule has 1 unspecified atom stereocenters. The van der Waals surface area contributed by atoms with Crippen molar-refractivity contribution in [3.05, 3.63) is 51.8 Å². The summed E-state index contributed by atoms with van der Waals surface area (Å²) in [7, 11) is 0. The Kier molecular flexibility index (Phi) is 5.16. The maximum Gasteiger partial charge on any atom is 0.0522 e. The summed E-state index contributed by atoms with van der Waals surface area (Å²) in [5, 5.41) is 10.6. The molecular formula is C15H20BrN3. The van der Waals surface area contributed by atoms with Crippen LogP contribution >= 0.6 is 15.9 Å². The number of nitrogens with one attached hydrogen (secondary N) is 2. The fourth-order valence-corrected chi connectivity index (χ4v) is 2.36. The van der Waals surface area contributed by atoms with Crippen LogP contribution in [0.5, 0.6) is 0 Å².